The minimum Gasteiger partial charge on any atom is -0.356 e. The number of anilines is 1. The van der Waals surface area contributed by atoms with Gasteiger partial charge in [-0.3, -0.25) is 0 Å². The summed E-state index contributed by atoms with van der Waals surface area (Å²) in [4.78, 5) is 0. The summed E-state index contributed by atoms with van der Waals surface area (Å²) in [6.07, 6.45) is 2.53. The number of nitrogens with one attached hydrogen (secondary N) is 1. The van der Waals surface area contributed by atoms with Crippen LogP contribution in [0.15, 0.2) is 24.3 Å². The third-order valence-electron chi connectivity index (χ3n) is 2.70. The maximum absolute atomic E-state index is 5.93. The highest BCUT2D eigenvalue weighted by Gasteiger charge is 2.27. The van der Waals surface area contributed by atoms with Crippen LogP contribution in [0.5, 0.6) is 0 Å². The third kappa shape index (κ3) is 2.76. The Morgan fingerprint density at radius 2 is 2.24 bits per heavy atom. The van der Waals surface area contributed by atoms with Crippen molar-refractivity contribution in [2.45, 2.75) is 25.3 Å². The van der Waals surface area contributed by atoms with Gasteiger partial charge in [0.2, 0.25) is 5.13 Å². The lowest BCUT2D eigenvalue weighted by atomic mass is 10.2. The van der Waals surface area contributed by atoms with E-state index in [2.05, 4.69) is 15.5 Å². The average Bonchev–Trinajstić information content (AvgIpc) is 3.07. The molecule has 3 rings (SSSR count). The number of benzene rings is 1. The monoisotopic (exact) mass is 265 g/mol. The van der Waals surface area contributed by atoms with Gasteiger partial charge in [0.05, 0.1) is 0 Å². The molecule has 88 valence electrons. The smallest absolute Gasteiger partial charge is 0.205 e. The maximum atomic E-state index is 5.93. The number of aromatic nitrogens is 2. The predicted molar refractivity (Wildman–Crippen MR) is 70.7 cm³/mol. The van der Waals surface area contributed by atoms with E-state index in [0.29, 0.717) is 5.92 Å². The predicted octanol–water partition coefficient (Wildman–Crippen LogP) is 3.68. The zero-order valence-corrected chi connectivity index (χ0v) is 10.8. The molecule has 1 aromatic carbocycles. The molecule has 1 fully saturated rings. The summed E-state index contributed by atoms with van der Waals surface area (Å²) in [5, 5.41) is 14.4. The highest BCUT2D eigenvalue weighted by Crippen LogP contribution is 2.42. The van der Waals surface area contributed by atoms with Gasteiger partial charge in [0.25, 0.3) is 0 Å². The minimum absolute atomic E-state index is 0.675. The number of halogens is 1. The normalized spacial score (nSPS) is 14.9. The van der Waals surface area contributed by atoms with Crippen LogP contribution in [-0.4, -0.2) is 10.2 Å². The lowest BCUT2D eigenvalue weighted by Gasteiger charge is -2.02. The van der Waals surface area contributed by atoms with Gasteiger partial charge in [-0.15, -0.1) is 10.2 Å². The van der Waals surface area contributed by atoms with Crippen molar-refractivity contribution in [3.8, 4) is 0 Å². The molecule has 1 aromatic heterocycles. The molecular weight excluding hydrogens is 254 g/mol. The van der Waals surface area contributed by atoms with Crippen molar-refractivity contribution in [3.63, 3.8) is 0 Å². The van der Waals surface area contributed by atoms with Gasteiger partial charge in [0, 0.05) is 17.5 Å². The van der Waals surface area contributed by atoms with E-state index in [1.165, 1.54) is 17.8 Å². The van der Waals surface area contributed by atoms with Crippen molar-refractivity contribution in [1.82, 2.24) is 10.2 Å². The first-order chi connectivity index (χ1) is 8.31. The average molecular weight is 266 g/mol. The van der Waals surface area contributed by atoms with Crippen LogP contribution in [0, 0.1) is 0 Å². The molecule has 1 saturated carbocycles. The molecule has 0 aliphatic heterocycles. The molecule has 1 aliphatic rings. The molecule has 0 unspecified atom stereocenters. The highest BCUT2D eigenvalue weighted by molar-refractivity contribution is 7.15. The minimum atomic E-state index is 0.675. The largest absolute Gasteiger partial charge is 0.356 e. The van der Waals surface area contributed by atoms with E-state index in [-0.39, 0.29) is 0 Å². The van der Waals surface area contributed by atoms with Crippen LogP contribution in [0.3, 0.4) is 0 Å². The van der Waals surface area contributed by atoms with Gasteiger partial charge >= 0.3 is 0 Å². The first-order valence-electron chi connectivity index (χ1n) is 5.63. The van der Waals surface area contributed by atoms with Crippen molar-refractivity contribution in [3.05, 3.63) is 39.9 Å². The lowest BCUT2D eigenvalue weighted by molar-refractivity contribution is 0.968. The van der Waals surface area contributed by atoms with Crippen LogP contribution in [0.25, 0.3) is 0 Å². The number of hydrogen-bond acceptors (Lipinski definition) is 4. The zero-order valence-electron chi connectivity index (χ0n) is 9.19. The van der Waals surface area contributed by atoms with Gasteiger partial charge in [0.1, 0.15) is 5.01 Å². The quantitative estimate of drug-likeness (QED) is 0.916. The number of rotatable bonds is 4. The van der Waals surface area contributed by atoms with E-state index < -0.39 is 0 Å². The Morgan fingerprint density at radius 3 is 3.00 bits per heavy atom. The summed E-state index contributed by atoms with van der Waals surface area (Å²) in [5.74, 6) is 0.675. The summed E-state index contributed by atoms with van der Waals surface area (Å²) < 4.78 is 0. The Kier molecular flexibility index (Phi) is 2.99. The molecular formula is C12H12ClN3S. The van der Waals surface area contributed by atoms with E-state index in [4.69, 9.17) is 11.6 Å². The summed E-state index contributed by atoms with van der Waals surface area (Å²) in [6.45, 7) is 0.736. The summed E-state index contributed by atoms with van der Waals surface area (Å²) in [5.41, 5.74) is 1.15. The van der Waals surface area contributed by atoms with Crippen LogP contribution in [0.4, 0.5) is 5.13 Å². The summed E-state index contributed by atoms with van der Waals surface area (Å²) >= 11 is 7.59. The van der Waals surface area contributed by atoms with Crippen molar-refractivity contribution in [2.24, 2.45) is 0 Å². The molecule has 0 saturated heterocycles. The third-order valence-corrected chi connectivity index (χ3v) is 3.98. The molecule has 0 amide bonds. The standard InChI is InChI=1S/C12H12ClN3S/c13-10-3-1-2-8(6-10)7-14-12-16-15-11(17-12)9-4-5-9/h1-3,6,9H,4-5,7H2,(H,14,16). The molecule has 1 heterocycles. The Bertz CT molecular complexity index is 522. The van der Waals surface area contributed by atoms with Gasteiger partial charge < -0.3 is 5.32 Å². The molecule has 0 atom stereocenters. The van der Waals surface area contributed by atoms with Crippen LogP contribution in [0.1, 0.15) is 29.3 Å². The van der Waals surface area contributed by atoms with Crippen LogP contribution in [0.2, 0.25) is 5.02 Å². The molecule has 0 radical (unpaired) electrons. The first-order valence-corrected chi connectivity index (χ1v) is 6.82. The molecule has 3 nitrogen and oxygen atoms in total. The molecule has 5 heteroatoms. The van der Waals surface area contributed by atoms with Crippen molar-refractivity contribution in [1.29, 1.82) is 0 Å². The topological polar surface area (TPSA) is 37.8 Å². The molecule has 1 N–H and O–H groups in total. The second kappa shape index (κ2) is 4.63. The van der Waals surface area contributed by atoms with Crippen LogP contribution < -0.4 is 5.32 Å². The second-order valence-corrected chi connectivity index (χ2v) is 5.65. The summed E-state index contributed by atoms with van der Waals surface area (Å²) in [6, 6.07) is 7.83. The van der Waals surface area contributed by atoms with Gasteiger partial charge in [-0.1, -0.05) is 35.1 Å². The van der Waals surface area contributed by atoms with E-state index in [0.717, 1.165) is 22.3 Å². The van der Waals surface area contributed by atoms with Crippen molar-refractivity contribution >= 4 is 28.1 Å². The Labute approximate surface area is 109 Å². The molecule has 0 spiro atoms. The van der Waals surface area contributed by atoms with E-state index in [9.17, 15) is 0 Å². The van der Waals surface area contributed by atoms with Crippen molar-refractivity contribution < 1.29 is 0 Å². The fourth-order valence-electron chi connectivity index (χ4n) is 1.63. The van der Waals surface area contributed by atoms with E-state index >= 15 is 0 Å². The fraction of sp³-hybridized carbons (Fsp3) is 0.333. The Morgan fingerprint density at radius 1 is 1.35 bits per heavy atom. The number of nitrogens with zero attached hydrogens (tertiary/aromatic N) is 2. The highest BCUT2D eigenvalue weighted by atomic mass is 35.5. The SMILES string of the molecule is Clc1cccc(CNc2nnc(C3CC3)s2)c1. The maximum Gasteiger partial charge on any atom is 0.205 e. The second-order valence-electron chi connectivity index (χ2n) is 4.20. The van der Waals surface area contributed by atoms with E-state index in [1.807, 2.05) is 24.3 Å². The van der Waals surface area contributed by atoms with Crippen LogP contribution >= 0.6 is 22.9 Å². The fourth-order valence-corrected chi connectivity index (χ4v) is 2.75. The lowest BCUT2D eigenvalue weighted by Crippen LogP contribution is -1.98. The van der Waals surface area contributed by atoms with Crippen molar-refractivity contribution in [2.75, 3.05) is 5.32 Å². The molecule has 1 aliphatic carbocycles. The van der Waals surface area contributed by atoms with Crippen LogP contribution in [-0.2, 0) is 6.54 Å². The Hall–Kier alpha value is -1.13. The first kappa shape index (κ1) is 11.0. The van der Waals surface area contributed by atoms with Gasteiger partial charge in [-0.2, -0.15) is 0 Å². The summed E-state index contributed by atoms with van der Waals surface area (Å²) in [7, 11) is 0. The van der Waals surface area contributed by atoms with E-state index in [1.54, 1.807) is 11.3 Å². The molecule has 0 bridgehead atoms. The molecule has 17 heavy (non-hydrogen) atoms. The van der Waals surface area contributed by atoms with Gasteiger partial charge in [-0.25, -0.2) is 0 Å². The van der Waals surface area contributed by atoms with Gasteiger partial charge in [-0.05, 0) is 30.5 Å². The van der Waals surface area contributed by atoms with Gasteiger partial charge in [0.15, 0.2) is 0 Å². The Balaban J connectivity index is 1.62. The zero-order chi connectivity index (χ0) is 11.7. The number of hydrogen-bond donors (Lipinski definition) is 1. The molecule has 2 aromatic rings.